The molecule has 1 heterocycles. The fourth-order valence-electron chi connectivity index (χ4n) is 1.97. The van der Waals surface area contributed by atoms with E-state index in [0.29, 0.717) is 16.4 Å². The van der Waals surface area contributed by atoms with Crippen LogP contribution in [0.5, 0.6) is 0 Å². The van der Waals surface area contributed by atoms with Gasteiger partial charge in [-0.1, -0.05) is 23.9 Å². The molecule has 1 aromatic carbocycles. The summed E-state index contributed by atoms with van der Waals surface area (Å²) in [5.41, 5.74) is 6.33. The second kappa shape index (κ2) is 6.66. The van der Waals surface area contributed by atoms with Crippen molar-refractivity contribution in [1.82, 2.24) is 9.97 Å². The van der Waals surface area contributed by atoms with E-state index in [2.05, 4.69) is 15.3 Å². The highest BCUT2D eigenvalue weighted by Crippen LogP contribution is 2.23. The molecule has 0 spiro atoms. The average molecular weight is 332 g/mol. The third-order valence-corrected chi connectivity index (χ3v) is 3.81. The standard InChI is InChI=1S/C15H16N4O3S/c1-7-4-5-9(8(2)20)6-10(7)17-13-11(12(16)21)14(22)19-15(18-13)23-3/h4-6H,1-3H3,(H2,16,21)(H2,17,18,19,22). The quantitative estimate of drug-likeness (QED) is 0.437. The molecule has 0 radical (unpaired) electrons. The highest BCUT2D eigenvalue weighted by molar-refractivity contribution is 7.98. The van der Waals surface area contributed by atoms with Gasteiger partial charge in [-0.25, -0.2) is 4.98 Å². The Kier molecular flexibility index (Phi) is 4.85. The molecular weight excluding hydrogens is 316 g/mol. The van der Waals surface area contributed by atoms with Crippen molar-refractivity contribution in [3.63, 3.8) is 0 Å². The fraction of sp³-hybridized carbons (Fsp3) is 0.200. The summed E-state index contributed by atoms with van der Waals surface area (Å²) < 4.78 is 0. The first kappa shape index (κ1) is 16.8. The van der Waals surface area contributed by atoms with E-state index >= 15 is 0 Å². The minimum atomic E-state index is -0.880. The van der Waals surface area contributed by atoms with Crippen molar-refractivity contribution in [2.75, 3.05) is 11.6 Å². The summed E-state index contributed by atoms with van der Waals surface area (Å²) in [5, 5.41) is 3.29. The summed E-state index contributed by atoms with van der Waals surface area (Å²) >= 11 is 1.23. The van der Waals surface area contributed by atoms with Crippen molar-refractivity contribution >= 4 is 35.0 Å². The zero-order chi connectivity index (χ0) is 17.1. The highest BCUT2D eigenvalue weighted by Gasteiger charge is 2.17. The Morgan fingerprint density at radius 1 is 1.35 bits per heavy atom. The monoisotopic (exact) mass is 332 g/mol. The molecule has 4 N–H and O–H groups in total. The fourth-order valence-corrected chi connectivity index (χ4v) is 2.35. The molecule has 23 heavy (non-hydrogen) atoms. The van der Waals surface area contributed by atoms with E-state index in [4.69, 9.17) is 5.73 Å². The van der Waals surface area contributed by atoms with E-state index in [1.54, 1.807) is 24.5 Å². The predicted octanol–water partition coefficient (Wildman–Crippen LogP) is 1.85. The van der Waals surface area contributed by atoms with Crippen LogP contribution in [-0.4, -0.2) is 27.9 Å². The zero-order valence-corrected chi connectivity index (χ0v) is 13.7. The second-order valence-electron chi connectivity index (χ2n) is 4.87. The molecule has 0 unspecified atom stereocenters. The number of primary amides is 1. The van der Waals surface area contributed by atoms with Crippen molar-refractivity contribution in [2.45, 2.75) is 19.0 Å². The van der Waals surface area contributed by atoms with Crippen LogP contribution in [0.4, 0.5) is 11.5 Å². The number of ketones is 1. The Morgan fingerprint density at radius 3 is 2.61 bits per heavy atom. The van der Waals surface area contributed by atoms with Crippen LogP contribution in [0.3, 0.4) is 0 Å². The second-order valence-corrected chi connectivity index (χ2v) is 5.67. The first-order chi connectivity index (χ1) is 10.8. The summed E-state index contributed by atoms with van der Waals surface area (Å²) in [6.45, 7) is 3.29. The molecule has 0 saturated heterocycles. The van der Waals surface area contributed by atoms with E-state index < -0.39 is 11.5 Å². The number of nitrogens with one attached hydrogen (secondary N) is 2. The number of aromatic amines is 1. The predicted molar refractivity (Wildman–Crippen MR) is 89.6 cm³/mol. The van der Waals surface area contributed by atoms with Crippen LogP contribution in [0, 0.1) is 6.92 Å². The van der Waals surface area contributed by atoms with Crippen LogP contribution in [0.1, 0.15) is 33.2 Å². The van der Waals surface area contributed by atoms with Crippen molar-refractivity contribution in [3.05, 3.63) is 45.2 Å². The number of aromatic nitrogens is 2. The van der Waals surface area contributed by atoms with Crippen molar-refractivity contribution in [3.8, 4) is 0 Å². The van der Waals surface area contributed by atoms with Crippen LogP contribution in [0.25, 0.3) is 0 Å². The van der Waals surface area contributed by atoms with E-state index in [9.17, 15) is 14.4 Å². The van der Waals surface area contributed by atoms with Gasteiger partial charge in [0, 0.05) is 11.3 Å². The maximum absolute atomic E-state index is 12.0. The topological polar surface area (TPSA) is 118 Å². The molecule has 120 valence electrons. The number of hydrogen-bond donors (Lipinski definition) is 3. The average Bonchev–Trinajstić information content (AvgIpc) is 2.48. The van der Waals surface area contributed by atoms with Crippen molar-refractivity contribution < 1.29 is 9.59 Å². The summed E-state index contributed by atoms with van der Waals surface area (Å²) in [5.74, 6) is -0.907. The number of nitrogens with two attached hydrogens (primary N) is 1. The first-order valence-corrected chi connectivity index (χ1v) is 7.92. The molecule has 0 fully saturated rings. The molecule has 2 rings (SSSR count). The van der Waals surface area contributed by atoms with Gasteiger partial charge in [-0.05, 0) is 31.7 Å². The van der Waals surface area contributed by atoms with Gasteiger partial charge in [0.1, 0.15) is 5.56 Å². The van der Waals surface area contributed by atoms with Gasteiger partial charge < -0.3 is 16.0 Å². The Bertz CT molecular complexity index is 845. The Hall–Kier alpha value is -2.61. The number of aryl methyl sites for hydroxylation is 1. The van der Waals surface area contributed by atoms with Gasteiger partial charge in [-0.3, -0.25) is 14.4 Å². The van der Waals surface area contributed by atoms with Crippen LogP contribution >= 0.6 is 11.8 Å². The molecule has 7 nitrogen and oxygen atoms in total. The van der Waals surface area contributed by atoms with Crippen molar-refractivity contribution in [1.29, 1.82) is 0 Å². The van der Waals surface area contributed by atoms with E-state index in [-0.39, 0.29) is 17.2 Å². The van der Waals surface area contributed by atoms with Crippen LogP contribution in [0.15, 0.2) is 28.2 Å². The minimum Gasteiger partial charge on any atom is -0.365 e. The van der Waals surface area contributed by atoms with Crippen molar-refractivity contribution in [2.24, 2.45) is 5.73 Å². The SMILES string of the molecule is CSc1nc(Nc2cc(C(C)=O)ccc2C)c(C(N)=O)c(=O)[nH]1. The maximum Gasteiger partial charge on any atom is 0.266 e. The number of benzene rings is 1. The van der Waals surface area contributed by atoms with E-state index in [1.807, 2.05) is 6.92 Å². The van der Waals surface area contributed by atoms with Gasteiger partial charge >= 0.3 is 0 Å². The molecule has 1 aromatic heterocycles. The number of Topliss-reactive ketones (excluding diaryl/α,β-unsaturated/α-hetero) is 1. The third kappa shape index (κ3) is 3.59. The smallest absolute Gasteiger partial charge is 0.266 e. The van der Waals surface area contributed by atoms with Crippen LogP contribution < -0.4 is 16.6 Å². The Labute approximate surface area is 136 Å². The zero-order valence-electron chi connectivity index (χ0n) is 12.9. The third-order valence-electron chi connectivity index (χ3n) is 3.23. The summed E-state index contributed by atoms with van der Waals surface area (Å²) in [4.78, 5) is 41.8. The highest BCUT2D eigenvalue weighted by atomic mass is 32.2. The molecule has 1 amide bonds. The van der Waals surface area contributed by atoms with Gasteiger partial charge in [-0.2, -0.15) is 0 Å². The van der Waals surface area contributed by atoms with Gasteiger partial charge in [0.15, 0.2) is 16.8 Å². The number of carbonyl (C=O) groups excluding carboxylic acids is 2. The summed E-state index contributed by atoms with van der Waals surface area (Å²) in [6.07, 6.45) is 1.74. The number of nitrogens with zero attached hydrogens (tertiary/aromatic N) is 1. The Morgan fingerprint density at radius 2 is 2.04 bits per heavy atom. The van der Waals surface area contributed by atoms with Crippen LogP contribution in [-0.2, 0) is 0 Å². The molecule has 0 atom stereocenters. The first-order valence-electron chi connectivity index (χ1n) is 6.70. The number of thioether (sulfide) groups is 1. The van der Waals surface area contributed by atoms with Gasteiger partial charge in [-0.15, -0.1) is 0 Å². The maximum atomic E-state index is 12.0. The van der Waals surface area contributed by atoms with Gasteiger partial charge in [0.25, 0.3) is 11.5 Å². The number of rotatable bonds is 5. The van der Waals surface area contributed by atoms with Gasteiger partial charge in [0.05, 0.1) is 0 Å². The minimum absolute atomic E-state index is 0.0643. The van der Waals surface area contributed by atoms with E-state index in [1.165, 1.54) is 18.7 Å². The Balaban J connectivity index is 2.57. The number of anilines is 2. The molecule has 0 aliphatic carbocycles. The molecule has 8 heteroatoms. The lowest BCUT2D eigenvalue weighted by Gasteiger charge is -2.12. The number of H-pyrrole nitrogens is 1. The molecular formula is C15H16N4O3S. The number of carbonyl (C=O) groups is 2. The number of hydrogen-bond acceptors (Lipinski definition) is 6. The van der Waals surface area contributed by atoms with Gasteiger partial charge in [0.2, 0.25) is 0 Å². The summed E-state index contributed by atoms with van der Waals surface area (Å²) in [6, 6.07) is 5.12. The lowest BCUT2D eigenvalue weighted by atomic mass is 10.1. The number of amides is 1. The molecule has 2 aromatic rings. The van der Waals surface area contributed by atoms with Crippen LogP contribution in [0.2, 0.25) is 0 Å². The summed E-state index contributed by atoms with van der Waals surface area (Å²) in [7, 11) is 0. The molecule has 0 bridgehead atoms. The molecule has 0 saturated carbocycles. The largest absolute Gasteiger partial charge is 0.365 e. The molecule has 0 aliphatic heterocycles. The lowest BCUT2D eigenvalue weighted by Crippen LogP contribution is -2.26. The normalized spacial score (nSPS) is 10.4. The lowest BCUT2D eigenvalue weighted by molar-refractivity contribution is 0.0995. The molecule has 0 aliphatic rings. The van der Waals surface area contributed by atoms with E-state index in [0.717, 1.165) is 5.56 Å².